The quantitative estimate of drug-likeness (QED) is 0.846. The number of amides is 1. The summed E-state index contributed by atoms with van der Waals surface area (Å²) in [5.74, 6) is 0.173. The van der Waals surface area contributed by atoms with Gasteiger partial charge in [0.2, 0.25) is 0 Å². The van der Waals surface area contributed by atoms with E-state index >= 15 is 0 Å². The molecule has 0 aliphatic carbocycles. The Hall–Kier alpha value is -1.12. The Morgan fingerprint density at radius 2 is 2.24 bits per heavy atom. The molecule has 1 saturated heterocycles. The predicted octanol–water partition coefficient (Wildman–Crippen LogP) is 3.08. The molecule has 5 nitrogen and oxygen atoms in total. The summed E-state index contributed by atoms with van der Waals surface area (Å²) in [6, 6.07) is 2.00. The van der Waals surface area contributed by atoms with Gasteiger partial charge in [-0.15, -0.1) is 11.3 Å². The zero-order valence-electron chi connectivity index (χ0n) is 11.3. The molecule has 0 spiro atoms. The van der Waals surface area contributed by atoms with Crippen molar-refractivity contribution < 1.29 is 4.79 Å². The number of nitrogens with two attached hydrogens (primary N) is 1. The van der Waals surface area contributed by atoms with Crippen LogP contribution >= 0.6 is 38.6 Å². The number of anilines is 2. The Labute approximate surface area is 139 Å². The summed E-state index contributed by atoms with van der Waals surface area (Å²) in [6.45, 7) is 2.50. The summed E-state index contributed by atoms with van der Waals surface area (Å²) in [4.78, 5) is 20.3. The van der Waals surface area contributed by atoms with Crippen molar-refractivity contribution in [2.45, 2.75) is 19.4 Å². The molecule has 0 bridgehead atoms. The molecule has 2 aromatic rings. The highest BCUT2D eigenvalue weighted by Crippen LogP contribution is 2.30. The first-order chi connectivity index (χ1) is 10.1. The number of hydrogen-bond acceptors (Lipinski definition) is 6. The van der Waals surface area contributed by atoms with Crippen LogP contribution in [-0.2, 0) is 6.54 Å². The first-order valence-corrected chi connectivity index (χ1v) is 9.15. The van der Waals surface area contributed by atoms with Crippen LogP contribution in [0, 0.1) is 0 Å². The molecule has 1 aliphatic rings. The average Bonchev–Trinajstić information content (AvgIpc) is 3.16. The van der Waals surface area contributed by atoms with Gasteiger partial charge in [0.25, 0.3) is 5.91 Å². The van der Waals surface area contributed by atoms with Gasteiger partial charge in [0.05, 0.1) is 6.54 Å². The maximum Gasteiger partial charge on any atom is 0.265 e. The van der Waals surface area contributed by atoms with E-state index < -0.39 is 0 Å². The molecule has 1 amide bonds. The Morgan fingerprint density at radius 3 is 2.90 bits per heavy atom. The molecule has 8 heteroatoms. The second-order valence-electron chi connectivity index (χ2n) is 4.82. The van der Waals surface area contributed by atoms with Crippen LogP contribution in [0.15, 0.2) is 15.9 Å². The van der Waals surface area contributed by atoms with E-state index in [9.17, 15) is 4.79 Å². The molecular formula is C13H15BrN4OS2. The van der Waals surface area contributed by atoms with Gasteiger partial charge in [0.15, 0.2) is 5.13 Å². The van der Waals surface area contributed by atoms with Gasteiger partial charge in [-0.05, 0) is 34.8 Å². The minimum Gasteiger partial charge on any atom is -0.382 e. The normalized spacial score (nSPS) is 14.6. The number of aromatic nitrogens is 1. The van der Waals surface area contributed by atoms with Crippen molar-refractivity contribution in [3.63, 3.8) is 0 Å². The molecule has 2 aromatic heterocycles. The van der Waals surface area contributed by atoms with Crippen LogP contribution in [0.5, 0.6) is 0 Å². The fraction of sp³-hybridized carbons (Fsp3) is 0.385. The number of carbonyl (C=O) groups excluding carboxylic acids is 1. The number of nitrogen functional groups attached to an aromatic ring is 1. The molecule has 3 N–H and O–H groups in total. The van der Waals surface area contributed by atoms with Crippen LogP contribution < -0.4 is 16.0 Å². The molecule has 0 unspecified atom stereocenters. The SMILES string of the molecule is Nc1nc(N2CCCC2)sc1C(=O)NCc1cc(Br)cs1. The Kier molecular flexibility index (Phi) is 4.46. The molecule has 1 aliphatic heterocycles. The van der Waals surface area contributed by atoms with Crippen molar-refractivity contribution in [2.75, 3.05) is 23.7 Å². The molecular weight excluding hydrogens is 372 g/mol. The van der Waals surface area contributed by atoms with E-state index in [1.807, 2.05) is 11.4 Å². The molecule has 0 atom stereocenters. The largest absolute Gasteiger partial charge is 0.382 e. The monoisotopic (exact) mass is 386 g/mol. The molecule has 0 aromatic carbocycles. The van der Waals surface area contributed by atoms with Gasteiger partial charge in [-0.2, -0.15) is 0 Å². The highest BCUT2D eigenvalue weighted by molar-refractivity contribution is 9.10. The number of nitrogens with one attached hydrogen (secondary N) is 1. The second kappa shape index (κ2) is 6.33. The van der Waals surface area contributed by atoms with E-state index in [1.54, 1.807) is 11.3 Å². The third kappa shape index (κ3) is 3.38. The standard InChI is InChI=1S/C13H15BrN4OS2/c14-8-5-9(20-7-8)6-16-12(19)10-11(15)17-13(21-10)18-3-1-2-4-18/h5,7H,1-4,6,15H2,(H,16,19). The lowest BCUT2D eigenvalue weighted by Gasteiger charge is -2.11. The minimum absolute atomic E-state index is 0.153. The Morgan fingerprint density at radius 1 is 1.48 bits per heavy atom. The van der Waals surface area contributed by atoms with E-state index in [1.165, 1.54) is 24.2 Å². The third-order valence-corrected chi connectivity index (χ3v) is 6.10. The molecule has 0 radical (unpaired) electrons. The molecule has 3 heterocycles. The van der Waals surface area contributed by atoms with E-state index in [4.69, 9.17) is 5.73 Å². The maximum absolute atomic E-state index is 12.2. The molecule has 0 saturated carbocycles. The van der Waals surface area contributed by atoms with Crippen LogP contribution in [0.2, 0.25) is 0 Å². The fourth-order valence-electron chi connectivity index (χ4n) is 2.22. The summed E-state index contributed by atoms with van der Waals surface area (Å²) >= 11 is 6.38. The fourth-order valence-corrected chi connectivity index (χ4v) is 4.56. The number of halogens is 1. The van der Waals surface area contributed by atoms with E-state index in [2.05, 4.69) is 31.1 Å². The highest BCUT2D eigenvalue weighted by Gasteiger charge is 2.21. The first-order valence-electron chi connectivity index (χ1n) is 6.66. The summed E-state index contributed by atoms with van der Waals surface area (Å²) in [5.41, 5.74) is 5.89. The minimum atomic E-state index is -0.153. The number of thiazole rings is 1. The van der Waals surface area contributed by atoms with Gasteiger partial charge in [-0.1, -0.05) is 11.3 Å². The van der Waals surface area contributed by atoms with Gasteiger partial charge in [0.1, 0.15) is 10.7 Å². The van der Waals surface area contributed by atoms with Crippen LogP contribution in [0.1, 0.15) is 27.4 Å². The van der Waals surface area contributed by atoms with Crippen molar-refractivity contribution >= 4 is 55.5 Å². The highest BCUT2D eigenvalue weighted by atomic mass is 79.9. The zero-order valence-corrected chi connectivity index (χ0v) is 14.5. The lowest BCUT2D eigenvalue weighted by molar-refractivity contribution is 0.0956. The summed E-state index contributed by atoms with van der Waals surface area (Å²) in [5, 5.41) is 5.75. The van der Waals surface area contributed by atoms with Crippen molar-refractivity contribution in [1.29, 1.82) is 0 Å². The molecule has 21 heavy (non-hydrogen) atoms. The van der Waals surface area contributed by atoms with Crippen molar-refractivity contribution in [3.8, 4) is 0 Å². The summed E-state index contributed by atoms with van der Waals surface area (Å²) in [7, 11) is 0. The zero-order chi connectivity index (χ0) is 14.8. The number of thiophene rings is 1. The molecule has 3 rings (SSSR count). The number of nitrogens with zero attached hydrogens (tertiary/aromatic N) is 2. The molecule has 112 valence electrons. The van der Waals surface area contributed by atoms with Gasteiger partial charge in [-0.25, -0.2) is 4.98 Å². The topological polar surface area (TPSA) is 71.2 Å². The summed E-state index contributed by atoms with van der Waals surface area (Å²) < 4.78 is 1.03. The number of hydrogen-bond donors (Lipinski definition) is 2. The van der Waals surface area contributed by atoms with Gasteiger partial charge in [0, 0.05) is 27.8 Å². The van der Waals surface area contributed by atoms with Crippen molar-refractivity contribution in [2.24, 2.45) is 0 Å². The van der Waals surface area contributed by atoms with Crippen molar-refractivity contribution in [1.82, 2.24) is 10.3 Å². The Balaban J connectivity index is 1.66. The third-order valence-electron chi connectivity index (χ3n) is 3.27. The predicted molar refractivity (Wildman–Crippen MR) is 91.2 cm³/mol. The lowest BCUT2D eigenvalue weighted by Crippen LogP contribution is -2.22. The first kappa shape index (κ1) is 14.8. The van der Waals surface area contributed by atoms with Gasteiger partial charge >= 0.3 is 0 Å². The van der Waals surface area contributed by atoms with E-state index in [0.717, 1.165) is 27.6 Å². The smallest absolute Gasteiger partial charge is 0.265 e. The van der Waals surface area contributed by atoms with Crippen molar-refractivity contribution in [3.05, 3.63) is 25.7 Å². The van der Waals surface area contributed by atoms with Crippen LogP contribution in [0.4, 0.5) is 10.9 Å². The lowest BCUT2D eigenvalue weighted by atomic mass is 10.4. The van der Waals surface area contributed by atoms with Crippen LogP contribution in [0.3, 0.4) is 0 Å². The molecule has 1 fully saturated rings. The van der Waals surface area contributed by atoms with E-state index in [0.29, 0.717) is 17.2 Å². The van der Waals surface area contributed by atoms with Crippen LogP contribution in [0.25, 0.3) is 0 Å². The number of carbonyl (C=O) groups is 1. The van der Waals surface area contributed by atoms with E-state index in [-0.39, 0.29) is 5.91 Å². The Bertz CT molecular complexity index is 648. The number of rotatable bonds is 4. The second-order valence-corrected chi connectivity index (χ2v) is 7.71. The van der Waals surface area contributed by atoms with Gasteiger partial charge in [-0.3, -0.25) is 4.79 Å². The summed E-state index contributed by atoms with van der Waals surface area (Å²) in [6.07, 6.45) is 2.35. The van der Waals surface area contributed by atoms with Crippen LogP contribution in [-0.4, -0.2) is 24.0 Å². The maximum atomic E-state index is 12.2. The average molecular weight is 387 g/mol. The van der Waals surface area contributed by atoms with Gasteiger partial charge < -0.3 is 16.0 Å².